The Morgan fingerprint density at radius 1 is 0.929 bits per heavy atom. The van der Waals surface area contributed by atoms with Crippen LogP contribution in [0.5, 0.6) is 17.2 Å². The van der Waals surface area contributed by atoms with Crippen LogP contribution in [0.4, 0.5) is 30.4 Å². The molecule has 0 aliphatic carbocycles. The third kappa shape index (κ3) is 5.55. The number of aromatic nitrogens is 2. The quantitative estimate of drug-likeness (QED) is 0.336. The molecule has 3 aromatic carbocycles. The molecule has 10 nitrogen and oxygen atoms in total. The standard InChI is InChI=1S/C28H24F3N5O5S/c29-28(30,31)41-18-9-11-19(12-10-18)42(38,39)34-20-15-35(26-13-14-32-17-33-26)16-23(27(20)37)36-21-5-1-3-7-24(21)40-25-8-4-2-6-22(25)36/h1-14,17,20,23,27,34,37H,15-16H2/t20-,23+,27+/m1/s1. The lowest BCUT2D eigenvalue weighted by Crippen LogP contribution is -2.65. The van der Waals surface area contributed by atoms with Crippen molar-refractivity contribution in [3.05, 3.63) is 91.4 Å². The fourth-order valence-electron chi connectivity index (χ4n) is 5.20. The zero-order valence-electron chi connectivity index (χ0n) is 21.7. The maximum absolute atomic E-state index is 13.4. The molecule has 0 amide bonds. The molecule has 0 unspecified atom stereocenters. The second kappa shape index (κ2) is 10.8. The van der Waals surface area contributed by atoms with Gasteiger partial charge in [0.1, 0.15) is 17.9 Å². The van der Waals surface area contributed by atoms with Gasteiger partial charge in [-0.1, -0.05) is 24.3 Å². The summed E-state index contributed by atoms with van der Waals surface area (Å²) in [4.78, 5) is 11.8. The maximum Gasteiger partial charge on any atom is 0.573 e. The highest BCUT2D eigenvalue weighted by Crippen LogP contribution is 2.48. The van der Waals surface area contributed by atoms with Crippen LogP contribution in [0.1, 0.15) is 0 Å². The van der Waals surface area contributed by atoms with Gasteiger partial charge in [-0.2, -0.15) is 0 Å². The number of piperidine rings is 1. The average Bonchev–Trinajstić information content (AvgIpc) is 2.97. The van der Waals surface area contributed by atoms with Crippen LogP contribution in [0.25, 0.3) is 0 Å². The van der Waals surface area contributed by atoms with E-state index >= 15 is 0 Å². The van der Waals surface area contributed by atoms with Gasteiger partial charge in [0.05, 0.1) is 34.5 Å². The van der Waals surface area contributed by atoms with Crippen LogP contribution in [0.2, 0.25) is 0 Å². The highest BCUT2D eigenvalue weighted by molar-refractivity contribution is 7.89. The molecule has 218 valence electrons. The Morgan fingerprint density at radius 3 is 2.17 bits per heavy atom. The Morgan fingerprint density at radius 2 is 1.57 bits per heavy atom. The average molecular weight is 600 g/mol. The van der Waals surface area contributed by atoms with Gasteiger partial charge in [-0.25, -0.2) is 23.1 Å². The number of nitrogens with one attached hydrogen (secondary N) is 1. The first-order valence-electron chi connectivity index (χ1n) is 12.8. The first-order chi connectivity index (χ1) is 20.1. The lowest BCUT2D eigenvalue weighted by Gasteiger charge is -2.48. The van der Waals surface area contributed by atoms with Gasteiger partial charge in [0.2, 0.25) is 10.0 Å². The summed E-state index contributed by atoms with van der Waals surface area (Å²) in [5, 5.41) is 11.8. The number of halogens is 3. The van der Waals surface area contributed by atoms with Crippen LogP contribution in [0.3, 0.4) is 0 Å². The van der Waals surface area contributed by atoms with Crippen LogP contribution in [0, 0.1) is 0 Å². The number of benzene rings is 3. The van der Waals surface area contributed by atoms with Crippen molar-refractivity contribution in [2.24, 2.45) is 0 Å². The molecule has 1 saturated heterocycles. The first-order valence-corrected chi connectivity index (χ1v) is 14.3. The van der Waals surface area contributed by atoms with Crippen LogP contribution in [-0.2, 0) is 10.0 Å². The van der Waals surface area contributed by atoms with E-state index in [2.05, 4.69) is 19.4 Å². The van der Waals surface area contributed by atoms with Crippen molar-refractivity contribution in [1.82, 2.24) is 14.7 Å². The SMILES string of the molecule is O=S(=O)(N[C@@H]1CN(c2ccncn2)C[C@H](N2c3ccccc3Oc3ccccc32)[C@H]1O)c1ccc(OC(F)(F)F)cc1. The number of rotatable bonds is 6. The van der Waals surface area contributed by atoms with Crippen molar-refractivity contribution in [3.63, 3.8) is 0 Å². The number of fused-ring (bicyclic) bond motifs is 2. The zero-order chi connectivity index (χ0) is 29.5. The Hall–Kier alpha value is -4.40. The number of alkyl halides is 3. The van der Waals surface area contributed by atoms with E-state index < -0.39 is 40.3 Å². The predicted octanol–water partition coefficient (Wildman–Crippen LogP) is 4.22. The number of sulfonamides is 1. The minimum atomic E-state index is -4.92. The molecule has 0 radical (unpaired) electrons. The Kier molecular flexibility index (Phi) is 7.12. The van der Waals surface area contributed by atoms with E-state index in [0.29, 0.717) is 28.7 Å². The van der Waals surface area contributed by atoms with E-state index in [9.17, 15) is 26.7 Å². The van der Waals surface area contributed by atoms with E-state index in [-0.39, 0.29) is 18.0 Å². The van der Waals surface area contributed by atoms with Gasteiger partial charge in [0, 0.05) is 19.3 Å². The number of aliphatic hydroxyl groups excluding tert-OH is 1. The van der Waals surface area contributed by atoms with Gasteiger partial charge in [0.25, 0.3) is 0 Å². The molecule has 1 aromatic heterocycles. The summed E-state index contributed by atoms with van der Waals surface area (Å²) in [6, 6.07) is 18.5. The van der Waals surface area contributed by atoms with Gasteiger partial charge in [0.15, 0.2) is 11.5 Å². The third-order valence-electron chi connectivity index (χ3n) is 7.00. The van der Waals surface area contributed by atoms with Crippen LogP contribution in [0.15, 0.2) is 96.3 Å². The van der Waals surface area contributed by atoms with Crippen LogP contribution < -0.4 is 24.0 Å². The number of aliphatic hydroxyl groups is 1. The lowest BCUT2D eigenvalue weighted by molar-refractivity contribution is -0.274. The van der Waals surface area contributed by atoms with E-state index in [0.717, 1.165) is 24.3 Å². The Bertz CT molecular complexity index is 1630. The summed E-state index contributed by atoms with van der Waals surface area (Å²) in [7, 11) is -4.28. The zero-order valence-corrected chi connectivity index (χ0v) is 22.5. The highest BCUT2D eigenvalue weighted by atomic mass is 32.2. The molecule has 0 bridgehead atoms. The topological polar surface area (TPSA) is 117 Å². The highest BCUT2D eigenvalue weighted by Gasteiger charge is 2.44. The molecule has 6 rings (SSSR count). The van der Waals surface area contributed by atoms with Crippen molar-refractivity contribution in [2.75, 3.05) is 22.9 Å². The smallest absolute Gasteiger partial charge is 0.453 e. The summed E-state index contributed by atoms with van der Waals surface area (Å²) in [6.07, 6.45) is -3.21. The lowest BCUT2D eigenvalue weighted by atomic mass is 9.94. The van der Waals surface area contributed by atoms with Crippen molar-refractivity contribution in [1.29, 1.82) is 0 Å². The predicted molar refractivity (Wildman–Crippen MR) is 146 cm³/mol. The van der Waals surface area contributed by atoms with Gasteiger partial charge in [-0.15, -0.1) is 13.2 Å². The normalized spacial score (nSPS) is 20.3. The summed E-state index contributed by atoms with van der Waals surface area (Å²) >= 11 is 0. The monoisotopic (exact) mass is 599 g/mol. The maximum atomic E-state index is 13.4. The molecule has 14 heteroatoms. The minimum Gasteiger partial charge on any atom is -0.453 e. The van der Waals surface area contributed by atoms with Gasteiger partial charge in [-0.3, -0.25) is 0 Å². The van der Waals surface area contributed by atoms with Crippen molar-refractivity contribution >= 4 is 27.2 Å². The molecule has 2 N–H and O–H groups in total. The molecule has 2 aliphatic rings. The number of nitrogens with zero attached hydrogens (tertiary/aromatic N) is 4. The fourth-order valence-corrected chi connectivity index (χ4v) is 6.44. The van der Waals surface area contributed by atoms with Gasteiger partial charge < -0.3 is 24.4 Å². The molecule has 4 aromatic rings. The van der Waals surface area contributed by atoms with Crippen molar-refractivity contribution < 1.29 is 36.2 Å². The number of anilines is 3. The minimum absolute atomic E-state index is 0.0524. The molecular weight excluding hydrogens is 575 g/mol. The molecule has 0 spiro atoms. The molecule has 2 aliphatic heterocycles. The largest absolute Gasteiger partial charge is 0.573 e. The fraction of sp³-hybridized carbons (Fsp3) is 0.214. The van der Waals surface area contributed by atoms with Crippen molar-refractivity contribution in [3.8, 4) is 17.2 Å². The second-order valence-corrected chi connectivity index (χ2v) is 11.4. The second-order valence-electron chi connectivity index (χ2n) is 9.69. The number of hydrogen-bond donors (Lipinski definition) is 2. The molecule has 3 atom stereocenters. The van der Waals surface area contributed by atoms with Gasteiger partial charge >= 0.3 is 6.36 Å². The van der Waals surface area contributed by atoms with E-state index in [1.807, 2.05) is 58.3 Å². The van der Waals surface area contributed by atoms with Crippen molar-refractivity contribution in [2.45, 2.75) is 29.4 Å². The number of hydrogen-bond acceptors (Lipinski definition) is 9. The molecule has 0 saturated carbocycles. The summed E-state index contributed by atoms with van der Waals surface area (Å²) < 4.78 is 77.0. The first kappa shape index (κ1) is 27.8. The third-order valence-corrected chi connectivity index (χ3v) is 8.50. The molecular formula is C28H24F3N5O5S. The Balaban J connectivity index is 1.36. The molecule has 42 heavy (non-hydrogen) atoms. The van der Waals surface area contributed by atoms with Gasteiger partial charge in [-0.05, 0) is 54.6 Å². The Labute approximate surface area is 239 Å². The molecule has 1 fully saturated rings. The van der Waals surface area contributed by atoms with E-state index in [1.54, 1.807) is 12.3 Å². The van der Waals surface area contributed by atoms with Crippen LogP contribution >= 0.6 is 0 Å². The number of ether oxygens (including phenoxy) is 2. The number of para-hydroxylation sites is 4. The summed E-state index contributed by atoms with van der Waals surface area (Å²) in [5.74, 6) is 1.11. The summed E-state index contributed by atoms with van der Waals surface area (Å²) in [6.45, 7) is 0.319. The van der Waals surface area contributed by atoms with Crippen LogP contribution in [-0.4, -0.2) is 61.1 Å². The van der Waals surface area contributed by atoms with E-state index in [1.165, 1.54) is 6.33 Å². The summed E-state index contributed by atoms with van der Waals surface area (Å²) in [5.41, 5.74) is 1.37. The molecule has 3 heterocycles. The van der Waals surface area contributed by atoms with E-state index in [4.69, 9.17) is 4.74 Å².